The third-order valence-electron chi connectivity index (χ3n) is 3.43. The SMILES string of the molecule is O=C(c1cccc2c1NCCN2)N1CCCC1. The topological polar surface area (TPSA) is 44.4 Å². The molecule has 4 heteroatoms. The third kappa shape index (κ3) is 1.84. The zero-order chi connectivity index (χ0) is 11.7. The summed E-state index contributed by atoms with van der Waals surface area (Å²) in [7, 11) is 0. The lowest BCUT2D eigenvalue weighted by molar-refractivity contribution is 0.0794. The van der Waals surface area contributed by atoms with Crippen LogP contribution < -0.4 is 10.6 Å². The van der Waals surface area contributed by atoms with Gasteiger partial charge in [0.25, 0.3) is 5.91 Å². The number of anilines is 2. The maximum absolute atomic E-state index is 12.4. The van der Waals surface area contributed by atoms with Crippen LogP contribution in [0.3, 0.4) is 0 Å². The number of carbonyl (C=O) groups excluding carboxylic acids is 1. The van der Waals surface area contributed by atoms with Gasteiger partial charge >= 0.3 is 0 Å². The van der Waals surface area contributed by atoms with Gasteiger partial charge in [0.15, 0.2) is 0 Å². The number of nitrogens with zero attached hydrogens (tertiary/aromatic N) is 1. The van der Waals surface area contributed by atoms with E-state index in [1.807, 2.05) is 23.1 Å². The van der Waals surface area contributed by atoms with Crippen molar-refractivity contribution in [3.05, 3.63) is 23.8 Å². The van der Waals surface area contributed by atoms with Gasteiger partial charge in [0.05, 0.1) is 16.9 Å². The maximum atomic E-state index is 12.4. The molecule has 1 saturated heterocycles. The van der Waals surface area contributed by atoms with E-state index in [4.69, 9.17) is 0 Å². The quantitative estimate of drug-likeness (QED) is 0.774. The number of benzene rings is 1. The number of likely N-dealkylation sites (tertiary alicyclic amines) is 1. The molecule has 2 aliphatic heterocycles. The fourth-order valence-corrected chi connectivity index (χ4v) is 2.54. The van der Waals surface area contributed by atoms with Gasteiger partial charge in [-0.15, -0.1) is 0 Å². The Balaban J connectivity index is 1.94. The van der Waals surface area contributed by atoms with Crippen LogP contribution in [0.25, 0.3) is 0 Å². The highest BCUT2D eigenvalue weighted by molar-refractivity contribution is 6.02. The molecule has 0 aliphatic carbocycles. The Morgan fingerprint density at radius 2 is 1.88 bits per heavy atom. The van der Waals surface area contributed by atoms with Crippen LogP contribution in [-0.4, -0.2) is 37.0 Å². The molecule has 0 radical (unpaired) electrons. The van der Waals surface area contributed by atoms with Gasteiger partial charge in [-0.1, -0.05) is 6.07 Å². The molecule has 1 aromatic rings. The van der Waals surface area contributed by atoms with E-state index in [9.17, 15) is 4.79 Å². The molecular weight excluding hydrogens is 214 g/mol. The van der Waals surface area contributed by atoms with Crippen molar-refractivity contribution < 1.29 is 4.79 Å². The van der Waals surface area contributed by atoms with Crippen LogP contribution in [0.2, 0.25) is 0 Å². The summed E-state index contributed by atoms with van der Waals surface area (Å²) >= 11 is 0. The predicted octanol–water partition coefficient (Wildman–Crippen LogP) is 1.76. The first kappa shape index (κ1) is 10.4. The van der Waals surface area contributed by atoms with Crippen molar-refractivity contribution in [2.45, 2.75) is 12.8 Å². The fraction of sp³-hybridized carbons (Fsp3) is 0.462. The fourth-order valence-electron chi connectivity index (χ4n) is 2.54. The minimum atomic E-state index is 0.163. The van der Waals surface area contributed by atoms with Crippen LogP contribution in [0.15, 0.2) is 18.2 Å². The first-order chi connectivity index (χ1) is 8.36. The van der Waals surface area contributed by atoms with E-state index in [1.165, 1.54) is 0 Å². The third-order valence-corrected chi connectivity index (χ3v) is 3.43. The standard InChI is InChI=1S/C13H17N3O/c17-13(16-8-1-2-9-16)10-4-3-5-11-12(10)15-7-6-14-11/h3-5,14-15H,1-2,6-9H2. The van der Waals surface area contributed by atoms with Gasteiger partial charge < -0.3 is 15.5 Å². The van der Waals surface area contributed by atoms with Crippen molar-refractivity contribution in [1.29, 1.82) is 0 Å². The van der Waals surface area contributed by atoms with Crippen LogP contribution in [-0.2, 0) is 0 Å². The van der Waals surface area contributed by atoms with Crippen LogP contribution in [0.5, 0.6) is 0 Å². The van der Waals surface area contributed by atoms with Gasteiger partial charge in [0, 0.05) is 26.2 Å². The maximum Gasteiger partial charge on any atom is 0.256 e. The first-order valence-corrected chi connectivity index (χ1v) is 6.26. The molecule has 90 valence electrons. The predicted molar refractivity (Wildman–Crippen MR) is 68.6 cm³/mol. The second-order valence-electron chi connectivity index (χ2n) is 4.58. The molecule has 2 heterocycles. The minimum absolute atomic E-state index is 0.163. The molecule has 2 aliphatic rings. The lowest BCUT2D eigenvalue weighted by Crippen LogP contribution is -2.30. The minimum Gasteiger partial charge on any atom is -0.382 e. The number of para-hydroxylation sites is 1. The summed E-state index contributed by atoms with van der Waals surface area (Å²) < 4.78 is 0. The summed E-state index contributed by atoms with van der Waals surface area (Å²) in [6.07, 6.45) is 2.26. The molecule has 0 spiro atoms. The highest BCUT2D eigenvalue weighted by Gasteiger charge is 2.23. The average Bonchev–Trinajstić information content (AvgIpc) is 2.91. The Hall–Kier alpha value is -1.71. The largest absolute Gasteiger partial charge is 0.382 e. The monoisotopic (exact) mass is 231 g/mol. The number of carbonyl (C=O) groups is 1. The summed E-state index contributed by atoms with van der Waals surface area (Å²) in [6.45, 7) is 3.58. The molecule has 2 N–H and O–H groups in total. The Labute approximate surface area is 101 Å². The number of amides is 1. The average molecular weight is 231 g/mol. The van der Waals surface area contributed by atoms with Crippen LogP contribution >= 0.6 is 0 Å². The summed E-state index contributed by atoms with van der Waals surface area (Å²) in [4.78, 5) is 14.3. The second kappa shape index (κ2) is 4.28. The normalized spacial score (nSPS) is 18.2. The van der Waals surface area contributed by atoms with Crippen molar-refractivity contribution in [1.82, 2.24) is 4.90 Å². The smallest absolute Gasteiger partial charge is 0.256 e. The number of hydrogen-bond acceptors (Lipinski definition) is 3. The Morgan fingerprint density at radius 1 is 1.12 bits per heavy atom. The zero-order valence-electron chi connectivity index (χ0n) is 9.83. The van der Waals surface area contributed by atoms with Gasteiger partial charge in [0.1, 0.15) is 0 Å². The lowest BCUT2D eigenvalue weighted by Gasteiger charge is -2.24. The van der Waals surface area contributed by atoms with E-state index in [0.717, 1.165) is 56.0 Å². The van der Waals surface area contributed by atoms with Crippen molar-refractivity contribution in [2.24, 2.45) is 0 Å². The molecule has 0 aromatic heterocycles. The molecule has 4 nitrogen and oxygen atoms in total. The number of fused-ring (bicyclic) bond motifs is 1. The first-order valence-electron chi connectivity index (χ1n) is 6.26. The highest BCUT2D eigenvalue weighted by atomic mass is 16.2. The molecule has 1 aromatic carbocycles. The summed E-state index contributed by atoms with van der Waals surface area (Å²) in [5.74, 6) is 0.163. The van der Waals surface area contributed by atoms with Crippen LogP contribution in [0.4, 0.5) is 11.4 Å². The van der Waals surface area contributed by atoms with Gasteiger partial charge in [-0.05, 0) is 25.0 Å². The Kier molecular flexibility index (Phi) is 2.63. The molecule has 17 heavy (non-hydrogen) atoms. The van der Waals surface area contributed by atoms with E-state index < -0.39 is 0 Å². The van der Waals surface area contributed by atoms with Gasteiger partial charge in [-0.3, -0.25) is 4.79 Å². The van der Waals surface area contributed by atoms with Crippen molar-refractivity contribution >= 4 is 17.3 Å². The van der Waals surface area contributed by atoms with Crippen molar-refractivity contribution in [3.63, 3.8) is 0 Å². The zero-order valence-corrected chi connectivity index (χ0v) is 9.83. The molecule has 0 unspecified atom stereocenters. The van der Waals surface area contributed by atoms with E-state index in [1.54, 1.807) is 0 Å². The van der Waals surface area contributed by atoms with Gasteiger partial charge in [-0.2, -0.15) is 0 Å². The van der Waals surface area contributed by atoms with Crippen LogP contribution in [0.1, 0.15) is 23.2 Å². The lowest BCUT2D eigenvalue weighted by atomic mass is 10.1. The molecule has 3 rings (SSSR count). The summed E-state index contributed by atoms with van der Waals surface area (Å²) in [6, 6.07) is 5.88. The summed E-state index contributed by atoms with van der Waals surface area (Å²) in [5.41, 5.74) is 2.81. The van der Waals surface area contributed by atoms with Crippen LogP contribution in [0, 0.1) is 0 Å². The molecule has 0 saturated carbocycles. The Morgan fingerprint density at radius 3 is 2.71 bits per heavy atom. The molecule has 1 amide bonds. The van der Waals surface area contributed by atoms with Crippen molar-refractivity contribution in [3.8, 4) is 0 Å². The molecule has 0 bridgehead atoms. The number of rotatable bonds is 1. The number of nitrogens with one attached hydrogen (secondary N) is 2. The highest BCUT2D eigenvalue weighted by Crippen LogP contribution is 2.29. The number of hydrogen-bond donors (Lipinski definition) is 2. The van der Waals surface area contributed by atoms with Gasteiger partial charge in [0.2, 0.25) is 0 Å². The summed E-state index contributed by atoms with van der Waals surface area (Å²) in [5, 5.41) is 6.64. The molecule has 0 atom stereocenters. The van der Waals surface area contributed by atoms with Crippen molar-refractivity contribution in [2.75, 3.05) is 36.8 Å². The Bertz CT molecular complexity index is 438. The van der Waals surface area contributed by atoms with E-state index >= 15 is 0 Å². The molecule has 1 fully saturated rings. The van der Waals surface area contributed by atoms with E-state index in [-0.39, 0.29) is 5.91 Å². The van der Waals surface area contributed by atoms with E-state index in [2.05, 4.69) is 10.6 Å². The van der Waals surface area contributed by atoms with E-state index in [0.29, 0.717) is 0 Å². The van der Waals surface area contributed by atoms with Gasteiger partial charge in [-0.25, -0.2) is 0 Å². The second-order valence-corrected chi connectivity index (χ2v) is 4.58. The molecular formula is C13H17N3O.